The van der Waals surface area contributed by atoms with Crippen molar-refractivity contribution in [2.45, 2.75) is 32.2 Å². The number of carbonyl (C=O) groups is 2. The lowest BCUT2D eigenvalue weighted by Gasteiger charge is -2.37. The van der Waals surface area contributed by atoms with Crippen LogP contribution < -0.4 is 0 Å². The van der Waals surface area contributed by atoms with Crippen molar-refractivity contribution in [1.82, 2.24) is 4.90 Å². The van der Waals surface area contributed by atoms with Gasteiger partial charge in [-0.3, -0.25) is 4.79 Å². The van der Waals surface area contributed by atoms with Gasteiger partial charge in [0.05, 0.1) is 5.56 Å². The number of amides is 1. The molecule has 0 radical (unpaired) electrons. The quantitative estimate of drug-likeness (QED) is 0.899. The second-order valence-corrected chi connectivity index (χ2v) is 5.75. The van der Waals surface area contributed by atoms with Crippen LogP contribution in [0.3, 0.4) is 0 Å². The van der Waals surface area contributed by atoms with Crippen LogP contribution in [0.5, 0.6) is 5.75 Å². The first-order chi connectivity index (χ1) is 9.93. The van der Waals surface area contributed by atoms with E-state index >= 15 is 0 Å². The summed E-state index contributed by atoms with van der Waals surface area (Å²) in [7, 11) is 0. The molecule has 1 aliphatic heterocycles. The lowest BCUT2D eigenvalue weighted by molar-refractivity contribution is -0.144. The first-order valence-electron chi connectivity index (χ1n) is 6.96. The summed E-state index contributed by atoms with van der Waals surface area (Å²) < 4.78 is 0. The van der Waals surface area contributed by atoms with E-state index in [1.54, 1.807) is 0 Å². The van der Waals surface area contributed by atoms with Gasteiger partial charge in [0.2, 0.25) is 0 Å². The van der Waals surface area contributed by atoms with E-state index in [4.69, 9.17) is 11.6 Å². The van der Waals surface area contributed by atoms with Crippen molar-refractivity contribution < 1.29 is 19.8 Å². The number of aliphatic carboxylic acids is 1. The number of halogens is 1. The highest BCUT2D eigenvalue weighted by molar-refractivity contribution is 6.31. The molecule has 1 aliphatic rings. The maximum absolute atomic E-state index is 12.5. The van der Waals surface area contributed by atoms with Crippen molar-refractivity contribution in [2.75, 3.05) is 6.54 Å². The normalized spacial score (nSPS) is 22.1. The van der Waals surface area contributed by atoms with Gasteiger partial charge in [0.15, 0.2) is 0 Å². The number of phenols is 1. The molecule has 2 unspecified atom stereocenters. The zero-order chi connectivity index (χ0) is 15.6. The average molecular weight is 312 g/mol. The number of carboxylic acids is 1. The van der Waals surface area contributed by atoms with E-state index in [0.717, 1.165) is 12.8 Å². The molecule has 2 rings (SSSR count). The van der Waals surface area contributed by atoms with Crippen LogP contribution in [0.2, 0.25) is 5.02 Å². The van der Waals surface area contributed by atoms with Gasteiger partial charge in [-0.2, -0.15) is 0 Å². The Hall–Kier alpha value is -1.75. The van der Waals surface area contributed by atoms with Crippen molar-refractivity contribution in [1.29, 1.82) is 0 Å². The number of carboxylic acid groups (broad SMARTS) is 1. The molecule has 1 aromatic carbocycles. The molecule has 21 heavy (non-hydrogen) atoms. The smallest absolute Gasteiger partial charge is 0.326 e. The summed E-state index contributed by atoms with van der Waals surface area (Å²) in [6, 6.07) is 3.33. The first kappa shape index (κ1) is 15.6. The zero-order valence-electron chi connectivity index (χ0n) is 11.8. The molecule has 1 fully saturated rings. The fourth-order valence-corrected chi connectivity index (χ4v) is 2.89. The summed E-state index contributed by atoms with van der Waals surface area (Å²) in [5.41, 5.74) is 0.0451. The predicted octanol–water partition coefficient (Wildman–Crippen LogP) is 2.76. The molecule has 1 aromatic rings. The molecule has 114 valence electrons. The van der Waals surface area contributed by atoms with Crippen molar-refractivity contribution in [3.8, 4) is 5.75 Å². The SMILES string of the molecule is CCC1CCN(C(=O)c2cc(Cl)ccc2O)C(C(=O)O)C1. The van der Waals surface area contributed by atoms with E-state index in [1.165, 1.54) is 23.1 Å². The Labute approximate surface area is 128 Å². The summed E-state index contributed by atoms with van der Waals surface area (Å²) in [5, 5.41) is 19.5. The van der Waals surface area contributed by atoms with Gasteiger partial charge < -0.3 is 15.1 Å². The van der Waals surface area contributed by atoms with Crippen molar-refractivity contribution >= 4 is 23.5 Å². The summed E-state index contributed by atoms with van der Waals surface area (Å²) >= 11 is 5.85. The molecule has 0 saturated carbocycles. The Morgan fingerprint density at radius 1 is 1.43 bits per heavy atom. The number of hydrogen-bond donors (Lipinski definition) is 2. The Morgan fingerprint density at radius 3 is 2.76 bits per heavy atom. The number of aromatic hydroxyl groups is 1. The molecule has 2 atom stereocenters. The number of benzene rings is 1. The second-order valence-electron chi connectivity index (χ2n) is 5.31. The molecule has 6 heteroatoms. The van der Waals surface area contributed by atoms with E-state index < -0.39 is 17.9 Å². The zero-order valence-corrected chi connectivity index (χ0v) is 12.5. The van der Waals surface area contributed by atoms with Gasteiger partial charge in [-0.15, -0.1) is 0 Å². The Kier molecular flexibility index (Phi) is 4.73. The van der Waals surface area contributed by atoms with Crippen LogP contribution >= 0.6 is 11.6 Å². The highest BCUT2D eigenvalue weighted by atomic mass is 35.5. The minimum Gasteiger partial charge on any atom is -0.507 e. The topological polar surface area (TPSA) is 77.8 Å². The lowest BCUT2D eigenvalue weighted by Crippen LogP contribution is -2.50. The largest absolute Gasteiger partial charge is 0.507 e. The molecular formula is C15H18ClNO4. The van der Waals surface area contributed by atoms with Crippen LogP contribution in [0.15, 0.2) is 18.2 Å². The monoisotopic (exact) mass is 311 g/mol. The fraction of sp³-hybridized carbons (Fsp3) is 0.467. The summed E-state index contributed by atoms with van der Waals surface area (Å²) in [6.07, 6.45) is 2.11. The third kappa shape index (κ3) is 3.29. The van der Waals surface area contributed by atoms with Gasteiger partial charge in [-0.25, -0.2) is 4.79 Å². The van der Waals surface area contributed by atoms with Crippen LogP contribution in [0.1, 0.15) is 36.5 Å². The van der Waals surface area contributed by atoms with Gasteiger partial charge in [-0.1, -0.05) is 24.9 Å². The van der Waals surface area contributed by atoms with E-state index in [2.05, 4.69) is 0 Å². The molecule has 1 saturated heterocycles. The summed E-state index contributed by atoms with van der Waals surface area (Å²) in [4.78, 5) is 25.3. The average Bonchev–Trinajstić information content (AvgIpc) is 2.48. The number of hydrogen-bond acceptors (Lipinski definition) is 3. The summed E-state index contributed by atoms with van der Waals surface area (Å²) in [6.45, 7) is 2.39. The Morgan fingerprint density at radius 2 is 2.14 bits per heavy atom. The lowest BCUT2D eigenvalue weighted by atomic mass is 9.88. The number of phenolic OH excluding ortho intramolecular Hbond substituents is 1. The molecule has 1 amide bonds. The van der Waals surface area contributed by atoms with Gasteiger partial charge in [0, 0.05) is 11.6 Å². The number of likely N-dealkylation sites (tertiary alicyclic amines) is 1. The highest BCUT2D eigenvalue weighted by Gasteiger charge is 2.36. The van der Waals surface area contributed by atoms with Gasteiger partial charge in [0.1, 0.15) is 11.8 Å². The molecule has 0 aliphatic carbocycles. The molecule has 0 spiro atoms. The number of carbonyl (C=O) groups excluding carboxylic acids is 1. The van der Waals surface area contributed by atoms with Crippen molar-refractivity contribution in [3.05, 3.63) is 28.8 Å². The molecule has 0 bridgehead atoms. The standard InChI is InChI=1S/C15H18ClNO4/c1-2-9-5-6-17(12(7-9)15(20)21)14(19)11-8-10(16)3-4-13(11)18/h3-4,8-9,12,18H,2,5-7H2,1H3,(H,20,21). The van der Waals surface area contributed by atoms with Gasteiger partial charge in [-0.05, 0) is 37.0 Å². The van der Waals surface area contributed by atoms with Crippen LogP contribution in [0.25, 0.3) is 0 Å². The number of piperidine rings is 1. The van der Waals surface area contributed by atoms with Crippen molar-refractivity contribution in [2.24, 2.45) is 5.92 Å². The third-order valence-corrected chi connectivity index (χ3v) is 4.26. The molecule has 0 aromatic heterocycles. The molecule has 5 nitrogen and oxygen atoms in total. The maximum Gasteiger partial charge on any atom is 0.326 e. The second kappa shape index (κ2) is 6.35. The summed E-state index contributed by atoms with van der Waals surface area (Å²) in [5.74, 6) is -1.38. The number of rotatable bonds is 3. The minimum absolute atomic E-state index is 0.0451. The maximum atomic E-state index is 12.5. The predicted molar refractivity (Wildman–Crippen MR) is 78.6 cm³/mol. The van der Waals surface area contributed by atoms with Crippen molar-refractivity contribution in [3.63, 3.8) is 0 Å². The van der Waals surface area contributed by atoms with Crippen LogP contribution in [-0.4, -0.2) is 39.6 Å². The van der Waals surface area contributed by atoms with Crippen LogP contribution in [0, 0.1) is 5.92 Å². The fourth-order valence-electron chi connectivity index (χ4n) is 2.72. The Bertz CT molecular complexity index is 561. The van der Waals surface area contributed by atoms with E-state index in [9.17, 15) is 19.8 Å². The third-order valence-electron chi connectivity index (χ3n) is 4.02. The highest BCUT2D eigenvalue weighted by Crippen LogP contribution is 2.29. The van der Waals surface area contributed by atoms with E-state index in [1.807, 2.05) is 6.92 Å². The first-order valence-corrected chi connectivity index (χ1v) is 7.34. The molecular weight excluding hydrogens is 294 g/mol. The van der Waals surface area contributed by atoms with Gasteiger partial charge in [0.25, 0.3) is 5.91 Å². The van der Waals surface area contributed by atoms with Crippen LogP contribution in [-0.2, 0) is 4.79 Å². The molecule has 1 heterocycles. The van der Waals surface area contributed by atoms with Crippen LogP contribution in [0.4, 0.5) is 0 Å². The minimum atomic E-state index is -1.01. The molecule has 2 N–H and O–H groups in total. The Balaban J connectivity index is 2.28. The van der Waals surface area contributed by atoms with E-state index in [0.29, 0.717) is 23.9 Å². The number of nitrogens with zero attached hydrogens (tertiary/aromatic N) is 1. The van der Waals surface area contributed by atoms with E-state index in [-0.39, 0.29) is 11.3 Å². The van der Waals surface area contributed by atoms with Gasteiger partial charge >= 0.3 is 5.97 Å².